The molecule has 1 saturated carbocycles. The molecule has 1 fully saturated rings. The molecule has 0 aromatic heterocycles. The molecule has 3 atom stereocenters. The second-order valence-electron chi connectivity index (χ2n) is 7.27. The van der Waals surface area contributed by atoms with E-state index in [1.54, 1.807) is 0 Å². The molecular weight excluding hydrogens is 268 g/mol. The lowest BCUT2D eigenvalue weighted by atomic mass is 9.61. The third-order valence-electron chi connectivity index (χ3n) is 5.06. The summed E-state index contributed by atoms with van der Waals surface area (Å²) in [5.41, 5.74) is -0.319. The number of rotatable bonds is 5. The van der Waals surface area contributed by atoms with Crippen molar-refractivity contribution in [2.24, 2.45) is 23.2 Å². The lowest BCUT2D eigenvalue weighted by Gasteiger charge is -2.46. The van der Waals surface area contributed by atoms with Gasteiger partial charge in [0, 0.05) is 12.6 Å². The molecule has 1 aliphatic rings. The Labute approximate surface area is 127 Å². The van der Waals surface area contributed by atoms with Gasteiger partial charge in [0.2, 0.25) is 0 Å². The molecular formula is C16H30N2O3. The summed E-state index contributed by atoms with van der Waals surface area (Å²) in [7, 11) is 0. The molecule has 5 nitrogen and oxygen atoms in total. The zero-order valence-corrected chi connectivity index (χ0v) is 13.9. The maximum atomic E-state index is 11.9. The smallest absolute Gasteiger partial charge is 0.315 e. The maximum Gasteiger partial charge on any atom is 0.315 e. The summed E-state index contributed by atoms with van der Waals surface area (Å²) in [5, 5.41) is 15.2. The molecule has 3 N–H and O–H groups in total. The minimum absolute atomic E-state index is 0.0367. The highest BCUT2D eigenvalue weighted by Crippen LogP contribution is 2.45. The minimum Gasteiger partial charge on any atom is -0.481 e. The molecule has 0 aromatic carbocycles. The molecule has 0 heterocycles. The number of hydrogen-bond acceptors (Lipinski definition) is 2. The molecule has 0 aromatic rings. The second-order valence-corrected chi connectivity index (χ2v) is 7.27. The highest BCUT2D eigenvalue weighted by molar-refractivity contribution is 5.74. The highest BCUT2D eigenvalue weighted by atomic mass is 16.4. The van der Waals surface area contributed by atoms with E-state index in [0.29, 0.717) is 18.9 Å². The number of carboxylic acids is 1. The van der Waals surface area contributed by atoms with Crippen molar-refractivity contribution in [3.05, 3.63) is 0 Å². The van der Waals surface area contributed by atoms with Crippen LogP contribution in [0.25, 0.3) is 0 Å². The topological polar surface area (TPSA) is 78.4 Å². The highest BCUT2D eigenvalue weighted by Gasteiger charge is 2.46. The van der Waals surface area contributed by atoms with Crippen molar-refractivity contribution in [1.82, 2.24) is 10.6 Å². The molecule has 0 bridgehead atoms. The van der Waals surface area contributed by atoms with Crippen LogP contribution >= 0.6 is 0 Å². The zero-order chi connectivity index (χ0) is 16.2. The first kappa shape index (κ1) is 17.8. The Morgan fingerprint density at radius 2 is 1.90 bits per heavy atom. The minimum atomic E-state index is -0.730. The molecule has 0 aliphatic heterocycles. The Balaban J connectivity index is 2.54. The first-order chi connectivity index (χ1) is 9.66. The van der Waals surface area contributed by atoms with Crippen LogP contribution in [-0.4, -0.2) is 29.7 Å². The summed E-state index contributed by atoms with van der Waals surface area (Å²) in [6.45, 7) is 10.9. The lowest BCUT2D eigenvalue weighted by Crippen LogP contribution is -2.54. The van der Waals surface area contributed by atoms with Gasteiger partial charge in [-0.2, -0.15) is 0 Å². The van der Waals surface area contributed by atoms with Crippen molar-refractivity contribution in [3.63, 3.8) is 0 Å². The Morgan fingerprint density at radius 1 is 1.29 bits per heavy atom. The van der Waals surface area contributed by atoms with Crippen LogP contribution in [0.3, 0.4) is 0 Å². The van der Waals surface area contributed by atoms with Crippen LogP contribution in [-0.2, 0) is 4.79 Å². The van der Waals surface area contributed by atoms with E-state index in [2.05, 4.69) is 24.5 Å². The summed E-state index contributed by atoms with van der Waals surface area (Å²) >= 11 is 0. The van der Waals surface area contributed by atoms with E-state index in [1.807, 2.05) is 20.8 Å². The standard InChI is InChI=1S/C16H30N2O3/c1-10(2)8-9-17-15(21)18-13-7-6-12(14(19)20)16(4,5)11(13)3/h10-13H,6-9H2,1-5H3,(H,19,20)(H2,17,18,21). The number of urea groups is 1. The predicted octanol–water partition coefficient (Wildman–Crippen LogP) is 2.86. The summed E-state index contributed by atoms with van der Waals surface area (Å²) in [6.07, 6.45) is 2.29. The zero-order valence-electron chi connectivity index (χ0n) is 13.9. The van der Waals surface area contributed by atoms with E-state index >= 15 is 0 Å². The molecule has 0 radical (unpaired) electrons. The van der Waals surface area contributed by atoms with Crippen molar-refractivity contribution in [3.8, 4) is 0 Å². The lowest BCUT2D eigenvalue weighted by molar-refractivity contribution is -0.150. The van der Waals surface area contributed by atoms with Crippen LogP contribution in [0.2, 0.25) is 0 Å². The van der Waals surface area contributed by atoms with Crippen molar-refractivity contribution in [2.75, 3.05) is 6.54 Å². The SMILES string of the molecule is CC(C)CCNC(=O)NC1CCC(C(=O)O)C(C)(C)C1C. The summed E-state index contributed by atoms with van der Waals surface area (Å²) in [5.74, 6) is -0.376. The molecule has 2 amide bonds. The maximum absolute atomic E-state index is 11.9. The average molecular weight is 298 g/mol. The van der Waals surface area contributed by atoms with Crippen molar-refractivity contribution < 1.29 is 14.7 Å². The van der Waals surface area contributed by atoms with E-state index in [1.165, 1.54) is 0 Å². The molecule has 122 valence electrons. The largest absolute Gasteiger partial charge is 0.481 e. The van der Waals surface area contributed by atoms with Crippen molar-refractivity contribution in [2.45, 2.75) is 59.9 Å². The van der Waals surface area contributed by atoms with Crippen LogP contribution in [0.15, 0.2) is 0 Å². The van der Waals surface area contributed by atoms with Gasteiger partial charge in [-0.15, -0.1) is 0 Å². The molecule has 1 rings (SSSR count). The molecule has 0 spiro atoms. The molecule has 0 saturated heterocycles. The van der Waals surface area contributed by atoms with E-state index in [-0.39, 0.29) is 29.3 Å². The van der Waals surface area contributed by atoms with Crippen LogP contribution < -0.4 is 10.6 Å². The molecule has 5 heteroatoms. The summed E-state index contributed by atoms with van der Waals surface area (Å²) < 4.78 is 0. The van der Waals surface area contributed by atoms with Gasteiger partial charge in [-0.3, -0.25) is 4.79 Å². The van der Waals surface area contributed by atoms with Crippen LogP contribution in [0.4, 0.5) is 4.79 Å². The van der Waals surface area contributed by atoms with E-state index in [4.69, 9.17) is 0 Å². The average Bonchev–Trinajstić information content (AvgIpc) is 2.34. The summed E-state index contributed by atoms with van der Waals surface area (Å²) in [6, 6.07) is -0.105. The van der Waals surface area contributed by atoms with E-state index in [9.17, 15) is 14.7 Å². The van der Waals surface area contributed by atoms with Crippen LogP contribution in [0, 0.1) is 23.2 Å². The number of nitrogens with one attached hydrogen (secondary N) is 2. The Bertz CT molecular complexity index is 380. The quantitative estimate of drug-likeness (QED) is 0.730. The van der Waals surface area contributed by atoms with Gasteiger partial charge in [0.1, 0.15) is 0 Å². The normalized spacial score (nSPS) is 28.2. The number of amides is 2. The first-order valence-electron chi connectivity index (χ1n) is 7.93. The Hall–Kier alpha value is -1.26. The third-order valence-corrected chi connectivity index (χ3v) is 5.06. The number of carboxylic acid groups (broad SMARTS) is 1. The van der Waals surface area contributed by atoms with Crippen molar-refractivity contribution >= 4 is 12.0 Å². The number of hydrogen-bond donors (Lipinski definition) is 3. The van der Waals surface area contributed by atoms with Gasteiger partial charge in [0.25, 0.3) is 0 Å². The first-order valence-corrected chi connectivity index (χ1v) is 7.93. The molecule has 21 heavy (non-hydrogen) atoms. The van der Waals surface area contributed by atoms with Gasteiger partial charge in [-0.25, -0.2) is 4.79 Å². The monoisotopic (exact) mass is 298 g/mol. The number of carbonyl (C=O) groups is 2. The van der Waals surface area contributed by atoms with Crippen LogP contribution in [0.5, 0.6) is 0 Å². The number of aliphatic carboxylic acids is 1. The molecule has 1 aliphatic carbocycles. The van der Waals surface area contributed by atoms with Gasteiger partial charge in [-0.1, -0.05) is 34.6 Å². The Morgan fingerprint density at radius 3 is 2.43 bits per heavy atom. The fourth-order valence-corrected chi connectivity index (χ4v) is 3.14. The fourth-order valence-electron chi connectivity index (χ4n) is 3.14. The Kier molecular flexibility index (Phi) is 6.05. The van der Waals surface area contributed by atoms with E-state index in [0.717, 1.165) is 12.8 Å². The van der Waals surface area contributed by atoms with Gasteiger partial charge in [0.05, 0.1) is 5.92 Å². The summed E-state index contributed by atoms with van der Waals surface area (Å²) in [4.78, 5) is 23.3. The van der Waals surface area contributed by atoms with Gasteiger partial charge >= 0.3 is 12.0 Å². The third kappa shape index (κ3) is 4.61. The number of carbonyl (C=O) groups excluding carboxylic acids is 1. The van der Waals surface area contributed by atoms with Gasteiger partial charge in [-0.05, 0) is 36.5 Å². The van der Waals surface area contributed by atoms with Gasteiger partial charge < -0.3 is 15.7 Å². The van der Waals surface area contributed by atoms with E-state index < -0.39 is 5.97 Å². The fraction of sp³-hybridized carbons (Fsp3) is 0.875. The molecule has 3 unspecified atom stereocenters. The van der Waals surface area contributed by atoms with Crippen molar-refractivity contribution in [1.29, 1.82) is 0 Å². The second kappa shape index (κ2) is 7.14. The predicted molar refractivity (Wildman–Crippen MR) is 83.1 cm³/mol. The van der Waals surface area contributed by atoms with Gasteiger partial charge in [0.15, 0.2) is 0 Å². The van der Waals surface area contributed by atoms with Crippen LogP contribution in [0.1, 0.15) is 53.9 Å².